The lowest BCUT2D eigenvalue weighted by Crippen LogP contribution is -2.38. The van der Waals surface area contributed by atoms with Crippen LogP contribution in [0.5, 0.6) is 0 Å². The third-order valence-electron chi connectivity index (χ3n) is 4.26. The molecule has 2 N–H and O–H groups in total. The molecule has 5 nitrogen and oxygen atoms in total. The number of carbonyl (C=O) groups excluding carboxylic acids is 2. The zero-order valence-corrected chi connectivity index (χ0v) is 14.8. The van der Waals surface area contributed by atoms with Crippen molar-refractivity contribution in [2.45, 2.75) is 13.0 Å². The molecule has 2 aromatic rings. The molecule has 1 atom stereocenters. The number of urea groups is 1. The summed E-state index contributed by atoms with van der Waals surface area (Å²) in [5.41, 5.74) is 1.62. The van der Waals surface area contributed by atoms with E-state index in [2.05, 4.69) is 10.6 Å². The topological polar surface area (TPSA) is 61.4 Å². The highest BCUT2D eigenvalue weighted by Gasteiger charge is 2.30. The Balaban J connectivity index is 1.44. The van der Waals surface area contributed by atoms with E-state index < -0.39 is 0 Å². The van der Waals surface area contributed by atoms with Crippen molar-refractivity contribution in [1.82, 2.24) is 10.6 Å². The molecule has 1 saturated heterocycles. The molecule has 1 fully saturated rings. The Labute approximate surface area is 156 Å². The number of benzene rings is 2. The average Bonchev–Trinajstić information content (AvgIpc) is 3.01. The highest BCUT2D eigenvalue weighted by molar-refractivity contribution is 6.30. The highest BCUT2D eigenvalue weighted by atomic mass is 35.5. The van der Waals surface area contributed by atoms with Crippen LogP contribution in [0.25, 0.3) is 0 Å². The summed E-state index contributed by atoms with van der Waals surface area (Å²) in [6, 6.07) is 12.8. The number of anilines is 1. The molecule has 1 aliphatic rings. The van der Waals surface area contributed by atoms with Gasteiger partial charge in [0.1, 0.15) is 5.82 Å². The molecular formula is C19H19ClFN3O2. The Morgan fingerprint density at radius 2 is 1.81 bits per heavy atom. The number of halogens is 2. The van der Waals surface area contributed by atoms with E-state index in [0.29, 0.717) is 36.8 Å². The Morgan fingerprint density at radius 3 is 2.50 bits per heavy atom. The van der Waals surface area contributed by atoms with Crippen LogP contribution >= 0.6 is 11.6 Å². The van der Waals surface area contributed by atoms with Crippen LogP contribution in [0.1, 0.15) is 12.0 Å². The molecule has 1 unspecified atom stereocenters. The number of nitrogens with one attached hydrogen (secondary N) is 2. The Hall–Kier alpha value is -2.60. The second-order valence-corrected chi connectivity index (χ2v) is 6.68. The van der Waals surface area contributed by atoms with E-state index in [4.69, 9.17) is 11.6 Å². The molecule has 3 rings (SSSR count). The minimum absolute atomic E-state index is 0.0221. The number of hydrogen-bond donors (Lipinski definition) is 2. The molecule has 26 heavy (non-hydrogen) atoms. The minimum Gasteiger partial charge on any atom is -0.338 e. The molecule has 0 aromatic heterocycles. The third-order valence-corrected chi connectivity index (χ3v) is 4.51. The number of nitrogens with zero attached hydrogens (tertiary/aromatic N) is 1. The Kier molecular flexibility index (Phi) is 5.73. The van der Waals surface area contributed by atoms with Crippen LogP contribution in [0.4, 0.5) is 14.9 Å². The standard InChI is InChI=1S/C19H19ClFN3O2/c20-15-3-1-13(2-4-15)10-22-19(26)23-11-14-9-18(25)24(12-14)17-7-5-16(21)6-8-17/h1-8,14H,9-12H2,(H2,22,23,26). The Bertz CT molecular complexity index is 780. The first-order valence-electron chi connectivity index (χ1n) is 8.33. The van der Waals surface area contributed by atoms with E-state index in [1.807, 2.05) is 12.1 Å². The molecule has 0 radical (unpaired) electrons. The summed E-state index contributed by atoms with van der Waals surface area (Å²) in [5.74, 6) is -0.338. The van der Waals surface area contributed by atoms with Crippen LogP contribution in [-0.2, 0) is 11.3 Å². The normalized spacial score (nSPS) is 16.6. The van der Waals surface area contributed by atoms with Gasteiger partial charge in [-0.05, 0) is 42.0 Å². The lowest BCUT2D eigenvalue weighted by molar-refractivity contribution is -0.117. The van der Waals surface area contributed by atoms with Gasteiger partial charge in [-0.1, -0.05) is 23.7 Å². The maximum absolute atomic E-state index is 13.0. The first-order valence-corrected chi connectivity index (χ1v) is 8.71. The first-order chi connectivity index (χ1) is 12.5. The molecule has 0 bridgehead atoms. The van der Waals surface area contributed by atoms with Gasteiger partial charge in [-0.2, -0.15) is 0 Å². The van der Waals surface area contributed by atoms with Crippen molar-refractivity contribution in [3.63, 3.8) is 0 Å². The van der Waals surface area contributed by atoms with E-state index in [0.717, 1.165) is 5.56 Å². The maximum Gasteiger partial charge on any atom is 0.315 e. The summed E-state index contributed by atoms with van der Waals surface area (Å²) in [6.45, 7) is 1.30. The Morgan fingerprint density at radius 1 is 1.12 bits per heavy atom. The number of rotatable bonds is 5. The van der Waals surface area contributed by atoms with Crippen molar-refractivity contribution in [1.29, 1.82) is 0 Å². The van der Waals surface area contributed by atoms with Crippen LogP contribution in [0.2, 0.25) is 5.02 Å². The third kappa shape index (κ3) is 4.73. The first kappa shape index (κ1) is 18.2. The largest absolute Gasteiger partial charge is 0.338 e. The zero-order chi connectivity index (χ0) is 18.5. The van der Waals surface area contributed by atoms with Crippen molar-refractivity contribution in [2.24, 2.45) is 5.92 Å². The van der Waals surface area contributed by atoms with Crippen LogP contribution < -0.4 is 15.5 Å². The number of hydrogen-bond acceptors (Lipinski definition) is 2. The molecule has 0 spiro atoms. The monoisotopic (exact) mass is 375 g/mol. The smallest absolute Gasteiger partial charge is 0.315 e. The second kappa shape index (κ2) is 8.19. The van der Waals surface area contributed by atoms with Gasteiger partial charge in [0.05, 0.1) is 0 Å². The van der Waals surface area contributed by atoms with Crippen molar-refractivity contribution >= 4 is 29.2 Å². The number of carbonyl (C=O) groups is 2. The zero-order valence-electron chi connectivity index (χ0n) is 14.0. The van der Waals surface area contributed by atoms with Crippen molar-refractivity contribution in [3.05, 3.63) is 64.9 Å². The van der Waals surface area contributed by atoms with E-state index in [1.54, 1.807) is 29.2 Å². The van der Waals surface area contributed by atoms with Gasteiger partial charge >= 0.3 is 6.03 Å². The predicted molar refractivity (Wildman–Crippen MR) is 98.6 cm³/mol. The molecule has 1 heterocycles. The molecule has 0 saturated carbocycles. The van der Waals surface area contributed by atoms with Crippen molar-refractivity contribution < 1.29 is 14.0 Å². The minimum atomic E-state index is -0.337. The van der Waals surface area contributed by atoms with Gasteiger partial charge < -0.3 is 15.5 Å². The lowest BCUT2D eigenvalue weighted by atomic mass is 10.1. The summed E-state index contributed by atoms with van der Waals surface area (Å²) in [5, 5.41) is 6.21. The molecule has 3 amide bonds. The van der Waals surface area contributed by atoms with Gasteiger partial charge in [-0.3, -0.25) is 4.79 Å². The van der Waals surface area contributed by atoms with Gasteiger partial charge in [0.25, 0.3) is 0 Å². The summed E-state index contributed by atoms with van der Waals surface area (Å²) >= 11 is 5.82. The molecule has 136 valence electrons. The van der Waals surface area contributed by atoms with Crippen molar-refractivity contribution in [2.75, 3.05) is 18.0 Å². The second-order valence-electron chi connectivity index (χ2n) is 6.24. The molecule has 0 aliphatic carbocycles. The van der Waals surface area contributed by atoms with Crippen LogP contribution in [0.15, 0.2) is 48.5 Å². The summed E-state index contributed by atoms with van der Waals surface area (Å²) in [4.78, 5) is 25.7. The van der Waals surface area contributed by atoms with E-state index in [1.165, 1.54) is 12.1 Å². The molecular weight excluding hydrogens is 357 g/mol. The number of amides is 3. The van der Waals surface area contributed by atoms with Crippen LogP contribution in [0, 0.1) is 11.7 Å². The van der Waals surface area contributed by atoms with Crippen LogP contribution in [-0.4, -0.2) is 25.0 Å². The van der Waals surface area contributed by atoms with E-state index >= 15 is 0 Å². The highest BCUT2D eigenvalue weighted by Crippen LogP contribution is 2.24. The fourth-order valence-electron chi connectivity index (χ4n) is 2.87. The van der Waals surface area contributed by atoms with E-state index in [-0.39, 0.29) is 23.7 Å². The van der Waals surface area contributed by atoms with Gasteiger partial charge in [0.15, 0.2) is 0 Å². The predicted octanol–water partition coefficient (Wildman–Crippen LogP) is 3.33. The quantitative estimate of drug-likeness (QED) is 0.842. The molecule has 2 aromatic carbocycles. The summed E-state index contributed by atoms with van der Waals surface area (Å²) in [6.07, 6.45) is 0.356. The van der Waals surface area contributed by atoms with Gasteiger partial charge in [-0.15, -0.1) is 0 Å². The average molecular weight is 376 g/mol. The summed E-state index contributed by atoms with van der Waals surface area (Å²) < 4.78 is 13.0. The van der Waals surface area contributed by atoms with Crippen molar-refractivity contribution in [3.8, 4) is 0 Å². The maximum atomic E-state index is 13.0. The molecule has 1 aliphatic heterocycles. The van der Waals surface area contributed by atoms with E-state index in [9.17, 15) is 14.0 Å². The SMILES string of the molecule is O=C(NCc1ccc(Cl)cc1)NCC1CC(=O)N(c2ccc(F)cc2)C1. The van der Waals surface area contributed by atoms with Gasteiger partial charge in [0.2, 0.25) is 5.91 Å². The fourth-order valence-corrected chi connectivity index (χ4v) is 3.00. The fraction of sp³-hybridized carbons (Fsp3) is 0.263. The van der Waals surface area contributed by atoms with Gasteiger partial charge in [-0.25, -0.2) is 9.18 Å². The van der Waals surface area contributed by atoms with Crippen LogP contribution in [0.3, 0.4) is 0 Å². The lowest BCUT2D eigenvalue weighted by Gasteiger charge is -2.17. The van der Waals surface area contributed by atoms with Gasteiger partial charge in [0, 0.05) is 42.7 Å². The summed E-state index contributed by atoms with van der Waals surface area (Å²) in [7, 11) is 0. The molecule has 7 heteroatoms.